The Bertz CT molecular complexity index is 1360. The number of nitrogens with two attached hydrogens (primary N) is 1. The van der Waals surface area contributed by atoms with E-state index in [1.807, 2.05) is 103 Å². The van der Waals surface area contributed by atoms with Gasteiger partial charge in [0.2, 0.25) is 11.8 Å². The number of benzene rings is 4. The maximum absolute atomic E-state index is 13.3. The average molecular weight is 496 g/mol. The molecule has 0 aliphatic heterocycles. The van der Waals surface area contributed by atoms with Crippen molar-refractivity contribution in [1.29, 1.82) is 0 Å². The first kappa shape index (κ1) is 25.4. The molecule has 0 aliphatic carbocycles. The summed E-state index contributed by atoms with van der Waals surface area (Å²) < 4.78 is 5.31. The van der Waals surface area contributed by atoms with Gasteiger partial charge < -0.3 is 21.1 Å². The zero-order chi connectivity index (χ0) is 26.0. The predicted molar refractivity (Wildman–Crippen MR) is 142 cm³/mol. The molecule has 7 heteroatoms. The number of fused-ring (bicyclic) bond motifs is 1. The van der Waals surface area contributed by atoms with E-state index in [0.29, 0.717) is 0 Å². The van der Waals surface area contributed by atoms with Crippen molar-refractivity contribution in [2.75, 3.05) is 0 Å². The Kier molecular flexibility index (Phi) is 8.49. The zero-order valence-corrected chi connectivity index (χ0v) is 20.3. The molecule has 0 aromatic heterocycles. The fraction of sp³-hybridized carbons (Fsp3) is 0.167. The highest BCUT2D eigenvalue weighted by Crippen LogP contribution is 2.17. The Balaban J connectivity index is 1.45. The van der Waals surface area contributed by atoms with Crippen LogP contribution in [0, 0.1) is 0 Å². The van der Waals surface area contributed by atoms with Gasteiger partial charge in [-0.25, -0.2) is 4.79 Å². The van der Waals surface area contributed by atoms with Gasteiger partial charge >= 0.3 is 6.09 Å². The molecule has 0 radical (unpaired) electrons. The molecule has 2 atom stereocenters. The van der Waals surface area contributed by atoms with E-state index in [1.165, 1.54) is 0 Å². The maximum Gasteiger partial charge on any atom is 0.408 e. The molecule has 4 N–H and O–H groups in total. The molecule has 0 heterocycles. The molecule has 7 nitrogen and oxygen atoms in total. The number of alkyl carbamates (subject to hydrolysis) is 1. The first-order valence-electron chi connectivity index (χ1n) is 12.1. The van der Waals surface area contributed by atoms with E-state index in [1.54, 1.807) is 0 Å². The van der Waals surface area contributed by atoms with E-state index >= 15 is 0 Å². The number of carbonyl (C=O) groups excluding carboxylic acids is 3. The second kappa shape index (κ2) is 12.4. The number of primary amides is 1. The lowest BCUT2D eigenvalue weighted by molar-refractivity contribution is -0.128. The van der Waals surface area contributed by atoms with Crippen LogP contribution in [0.1, 0.15) is 16.7 Å². The van der Waals surface area contributed by atoms with E-state index in [4.69, 9.17) is 10.5 Å². The normalized spacial score (nSPS) is 12.3. The molecule has 0 fully saturated rings. The van der Waals surface area contributed by atoms with E-state index in [-0.39, 0.29) is 19.4 Å². The number of carbonyl (C=O) groups is 3. The fourth-order valence-electron chi connectivity index (χ4n) is 4.06. The second-order valence-corrected chi connectivity index (χ2v) is 8.80. The third-order valence-electron chi connectivity index (χ3n) is 6.02. The van der Waals surface area contributed by atoms with Crippen LogP contribution in [0.2, 0.25) is 0 Å². The first-order valence-corrected chi connectivity index (χ1v) is 12.1. The van der Waals surface area contributed by atoms with Crippen LogP contribution in [0.25, 0.3) is 10.8 Å². The number of hydrogen-bond donors (Lipinski definition) is 3. The molecular weight excluding hydrogens is 466 g/mol. The van der Waals surface area contributed by atoms with Crippen molar-refractivity contribution in [2.24, 2.45) is 5.73 Å². The largest absolute Gasteiger partial charge is 0.445 e. The minimum absolute atomic E-state index is 0.0677. The van der Waals surface area contributed by atoms with Crippen LogP contribution in [0.3, 0.4) is 0 Å². The molecule has 0 unspecified atom stereocenters. The summed E-state index contributed by atoms with van der Waals surface area (Å²) in [5.41, 5.74) is 8.17. The maximum atomic E-state index is 13.3. The highest BCUT2D eigenvalue weighted by molar-refractivity contribution is 5.91. The second-order valence-electron chi connectivity index (χ2n) is 8.80. The van der Waals surface area contributed by atoms with Crippen LogP contribution in [-0.2, 0) is 33.8 Å². The summed E-state index contributed by atoms with van der Waals surface area (Å²) in [4.78, 5) is 38.1. The number of nitrogens with one attached hydrogen (secondary N) is 2. The van der Waals surface area contributed by atoms with Crippen molar-refractivity contribution in [3.63, 3.8) is 0 Å². The van der Waals surface area contributed by atoms with E-state index in [2.05, 4.69) is 10.6 Å². The van der Waals surface area contributed by atoms with Crippen LogP contribution >= 0.6 is 0 Å². The summed E-state index contributed by atoms with van der Waals surface area (Å²) in [6.07, 6.45) is -0.290. The topological polar surface area (TPSA) is 111 Å². The molecule has 0 saturated carbocycles. The number of rotatable bonds is 10. The Morgan fingerprint density at radius 1 is 0.649 bits per heavy atom. The Labute approximate surface area is 215 Å². The van der Waals surface area contributed by atoms with Crippen LogP contribution < -0.4 is 16.4 Å². The molecule has 4 aromatic carbocycles. The van der Waals surface area contributed by atoms with E-state index in [9.17, 15) is 14.4 Å². The lowest BCUT2D eigenvalue weighted by atomic mass is 10.0. The van der Waals surface area contributed by atoms with E-state index in [0.717, 1.165) is 27.5 Å². The summed E-state index contributed by atoms with van der Waals surface area (Å²) in [6, 6.07) is 30.3. The Morgan fingerprint density at radius 2 is 1.24 bits per heavy atom. The van der Waals surface area contributed by atoms with Crippen molar-refractivity contribution >= 4 is 28.7 Å². The molecule has 0 saturated heterocycles. The third-order valence-corrected chi connectivity index (χ3v) is 6.02. The molecule has 4 rings (SSSR count). The van der Waals surface area contributed by atoms with Crippen molar-refractivity contribution in [3.05, 3.63) is 120 Å². The van der Waals surface area contributed by atoms with Crippen LogP contribution in [-0.4, -0.2) is 30.0 Å². The standard InChI is InChI=1S/C30H29N3O4/c31-28(34)26(19-23-15-16-24-13-7-8-14-25(24)17-23)32-29(35)27(18-21-9-3-1-4-10-21)33-30(36)37-20-22-11-5-2-6-12-22/h1-17,26-27H,18-20H2,(H2,31,34)(H,32,35)(H,33,36)/t26-,27-/m0/s1. The lowest BCUT2D eigenvalue weighted by Gasteiger charge is -2.22. The van der Waals surface area contributed by atoms with Gasteiger partial charge in [0.15, 0.2) is 0 Å². The minimum Gasteiger partial charge on any atom is -0.445 e. The van der Waals surface area contributed by atoms with Crippen molar-refractivity contribution in [1.82, 2.24) is 10.6 Å². The molecule has 0 bridgehead atoms. The number of ether oxygens (including phenoxy) is 1. The van der Waals surface area contributed by atoms with Crippen molar-refractivity contribution in [3.8, 4) is 0 Å². The van der Waals surface area contributed by atoms with Crippen LogP contribution in [0.4, 0.5) is 4.79 Å². The van der Waals surface area contributed by atoms with Crippen LogP contribution in [0.5, 0.6) is 0 Å². The molecule has 188 valence electrons. The van der Waals surface area contributed by atoms with Crippen molar-refractivity contribution < 1.29 is 19.1 Å². The average Bonchev–Trinajstić information content (AvgIpc) is 2.92. The third kappa shape index (κ3) is 7.41. The quantitative estimate of drug-likeness (QED) is 0.310. The summed E-state index contributed by atoms with van der Waals surface area (Å²) in [5.74, 6) is -1.18. The monoisotopic (exact) mass is 495 g/mol. The number of hydrogen-bond acceptors (Lipinski definition) is 4. The smallest absolute Gasteiger partial charge is 0.408 e. The van der Waals surface area contributed by atoms with E-state index < -0.39 is 30.0 Å². The molecule has 0 aliphatic rings. The molecule has 37 heavy (non-hydrogen) atoms. The van der Waals surface area contributed by atoms with Crippen molar-refractivity contribution in [2.45, 2.75) is 31.5 Å². The summed E-state index contributed by atoms with van der Waals surface area (Å²) in [6.45, 7) is 0.0677. The van der Waals surface area contributed by atoms with Gasteiger partial charge in [-0.05, 0) is 27.5 Å². The van der Waals surface area contributed by atoms with Gasteiger partial charge in [0.25, 0.3) is 0 Å². The molecular formula is C30H29N3O4. The van der Waals surface area contributed by atoms with Gasteiger partial charge in [0, 0.05) is 12.8 Å². The highest BCUT2D eigenvalue weighted by atomic mass is 16.5. The molecule has 3 amide bonds. The first-order chi connectivity index (χ1) is 18.0. The van der Waals surface area contributed by atoms with Gasteiger partial charge in [-0.2, -0.15) is 0 Å². The highest BCUT2D eigenvalue weighted by Gasteiger charge is 2.27. The minimum atomic E-state index is -0.968. The zero-order valence-electron chi connectivity index (χ0n) is 20.3. The summed E-state index contributed by atoms with van der Waals surface area (Å²) in [7, 11) is 0. The Morgan fingerprint density at radius 3 is 1.92 bits per heavy atom. The summed E-state index contributed by atoms with van der Waals surface area (Å²) in [5, 5.41) is 7.47. The van der Waals surface area contributed by atoms with Gasteiger partial charge in [-0.3, -0.25) is 9.59 Å². The summed E-state index contributed by atoms with van der Waals surface area (Å²) >= 11 is 0. The predicted octanol–water partition coefficient (Wildman–Crippen LogP) is 3.89. The molecule has 4 aromatic rings. The van der Waals surface area contributed by atoms with Gasteiger partial charge in [0.1, 0.15) is 18.7 Å². The molecule has 0 spiro atoms. The van der Waals surface area contributed by atoms with Gasteiger partial charge in [-0.15, -0.1) is 0 Å². The number of amides is 3. The van der Waals surface area contributed by atoms with Gasteiger partial charge in [0.05, 0.1) is 0 Å². The van der Waals surface area contributed by atoms with Crippen LogP contribution in [0.15, 0.2) is 103 Å². The SMILES string of the molecule is NC(=O)[C@H](Cc1ccc2ccccc2c1)NC(=O)[C@H](Cc1ccccc1)NC(=O)OCc1ccccc1. The Hall–Kier alpha value is -4.65. The fourth-order valence-corrected chi connectivity index (χ4v) is 4.06. The lowest BCUT2D eigenvalue weighted by Crippen LogP contribution is -2.54. The van der Waals surface area contributed by atoms with Gasteiger partial charge in [-0.1, -0.05) is 103 Å².